The van der Waals surface area contributed by atoms with Gasteiger partial charge in [0.25, 0.3) is 0 Å². The topological polar surface area (TPSA) is 12.0 Å². The summed E-state index contributed by atoms with van der Waals surface area (Å²) in [7, 11) is 2.03. The van der Waals surface area contributed by atoms with Crippen LogP contribution in [0.15, 0.2) is 40.9 Å². The minimum absolute atomic E-state index is 0.245. The first-order chi connectivity index (χ1) is 10.1. The maximum atomic E-state index is 3.54. The van der Waals surface area contributed by atoms with Crippen molar-refractivity contribution in [2.75, 3.05) is 7.05 Å². The van der Waals surface area contributed by atoms with Crippen molar-refractivity contribution in [1.29, 1.82) is 0 Å². The Morgan fingerprint density at radius 1 is 1.00 bits per heavy atom. The van der Waals surface area contributed by atoms with Crippen LogP contribution in [0.3, 0.4) is 0 Å². The summed E-state index contributed by atoms with van der Waals surface area (Å²) in [5, 5.41) is 3.47. The minimum Gasteiger partial charge on any atom is -0.309 e. The SMILES string of the molecule is CCc1ccc(C(NC)c2ccc(Br)cc2C)cc1CC. The van der Waals surface area contributed by atoms with Crippen LogP contribution in [0.25, 0.3) is 0 Å². The number of hydrogen-bond acceptors (Lipinski definition) is 1. The van der Waals surface area contributed by atoms with E-state index in [9.17, 15) is 0 Å². The molecule has 0 heterocycles. The Morgan fingerprint density at radius 3 is 2.29 bits per heavy atom. The second kappa shape index (κ2) is 7.24. The van der Waals surface area contributed by atoms with Gasteiger partial charge >= 0.3 is 0 Å². The fourth-order valence-electron chi connectivity index (χ4n) is 2.96. The van der Waals surface area contributed by atoms with Gasteiger partial charge in [0.05, 0.1) is 6.04 Å². The molecule has 1 atom stereocenters. The van der Waals surface area contributed by atoms with E-state index in [4.69, 9.17) is 0 Å². The summed E-state index contributed by atoms with van der Waals surface area (Å²) in [4.78, 5) is 0. The highest BCUT2D eigenvalue weighted by Gasteiger charge is 2.15. The minimum atomic E-state index is 0.245. The Morgan fingerprint density at radius 2 is 1.71 bits per heavy atom. The van der Waals surface area contributed by atoms with Gasteiger partial charge in [-0.3, -0.25) is 0 Å². The normalized spacial score (nSPS) is 12.4. The molecule has 2 aromatic carbocycles. The van der Waals surface area contributed by atoms with E-state index in [-0.39, 0.29) is 6.04 Å². The first kappa shape index (κ1) is 16.3. The van der Waals surface area contributed by atoms with Crippen molar-refractivity contribution in [2.45, 2.75) is 39.7 Å². The van der Waals surface area contributed by atoms with E-state index < -0.39 is 0 Å². The number of aryl methyl sites for hydroxylation is 3. The second-order valence-corrected chi connectivity index (χ2v) is 6.37. The van der Waals surface area contributed by atoms with E-state index in [1.807, 2.05) is 7.05 Å². The molecule has 1 N–H and O–H groups in total. The average molecular weight is 346 g/mol. The molecule has 112 valence electrons. The molecular weight excluding hydrogens is 322 g/mol. The molecule has 0 saturated carbocycles. The van der Waals surface area contributed by atoms with Crippen molar-refractivity contribution in [3.8, 4) is 0 Å². The van der Waals surface area contributed by atoms with Gasteiger partial charge in [-0.05, 0) is 66.8 Å². The zero-order valence-electron chi connectivity index (χ0n) is 13.3. The number of benzene rings is 2. The van der Waals surface area contributed by atoms with Crippen molar-refractivity contribution in [3.05, 3.63) is 68.7 Å². The average Bonchev–Trinajstić information content (AvgIpc) is 2.49. The second-order valence-electron chi connectivity index (χ2n) is 5.46. The van der Waals surface area contributed by atoms with Crippen LogP contribution >= 0.6 is 15.9 Å². The Kier molecular flexibility index (Phi) is 5.60. The van der Waals surface area contributed by atoms with Crippen molar-refractivity contribution in [2.24, 2.45) is 0 Å². The highest BCUT2D eigenvalue weighted by atomic mass is 79.9. The molecule has 0 fully saturated rings. The lowest BCUT2D eigenvalue weighted by Crippen LogP contribution is -2.19. The van der Waals surface area contributed by atoms with E-state index in [2.05, 4.69) is 78.4 Å². The summed E-state index contributed by atoms with van der Waals surface area (Å²) in [6.07, 6.45) is 2.19. The molecule has 2 aromatic rings. The summed E-state index contributed by atoms with van der Waals surface area (Å²) in [6.45, 7) is 6.63. The summed E-state index contributed by atoms with van der Waals surface area (Å²) < 4.78 is 1.13. The Labute approximate surface area is 136 Å². The van der Waals surface area contributed by atoms with Gasteiger partial charge < -0.3 is 5.32 Å². The fraction of sp³-hybridized carbons (Fsp3) is 0.368. The summed E-state index contributed by atoms with van der Waals surface area (Å²) in [6, 6.07) is 13.7. The number of hydrogen-bond donors (Lipinski definition) is 1. The molecule has 0 aliphatic rings. The fourth-order valence-corrected chi connectivity index (χ4v) is 3.44. The van der Waals surface area contributed by atoms with Crippen LogP contribution in [0, 0.1) is 6.92 Å². The molecule has 0 radical (unpaired) electrons. The summed E-state index contributed by atoms with van der Waals surface area (Å²) in [5.74, 6) is 0. The van der Waals surface area contributed by atoms with Crippen molar-refractivity contribution in [3.63, 3.8) is 0 Å². The van der Waals surface area contributed by atoms with Crippen molar-refractivity contribution >= 4 is 15.9 Å². The zero-order chi connectivity index (χ0) is 15.4. The molecule has 2 rings (SSSR count). The van der Waals surface area contributed by atoms with Crippen LogP contribution in [-0.4, -0.2) is 7.05 Å². The smallest absolute Gasteiger partial charge is 0.0577 e. The van der Waals surface area contributed by atoms with Crippen molar-refractivity contribution in [1.82, 2.24) is 5.32 Å². The molecule has 0 aliphatic heterocycles. The molecule has 21 heavy (non-hydrogen) atoms. The quantitative estimate of drug-likeness (QED) is 0.785. The van der Waals surface area contributed by atoms with E-state index in [0.29, 0.717) is 0 Å². The molecule has 0 amide bonds. The molecule has 0 spiro atoms. The van der Waals surface area contributed by atoms with Crippen LogP contribution in [0.4, 0.5) is 0 Å². The lowest BCUT2D eigenvalue weighted by Gasteiger charge is -2.21. The molecule has 0 aromatic heterocycles. The zero-order valence-corrected chi connectivity index (χ0v) is 14.9. The van der Waals surface area contributed by atoms with Crippen LogP contribution in [0.5, 0.6) is 0 Å². The van der Waals surface area contributed by atoms with Gasteiger partial charge in [-0.25, -0.2) is 0 Å². The lowest BCUT2D eigenvalue weighted by molar-refractivity contribution is 0.686. The lowest BCUT2D eigenvalue weighted by atomic mass is 9.91. The predicted octanol–water partition coefficient (Wildman–Crippen LogP) is 5.19. The molecule has 2 heteroatoms. The van der Waals surface area contributed by atoms with Gasteiger partial charge in [0, 0.05) is 4.47 Å². The van der Waals surface area contributed by atoms with Crippen LogP contribution < -0.4 is 5.32 Å². The van der Waals surface area contributed by atoms with Gasteiger partial charge in [0.1, 0.15) is 0 Å². The Balaban J connectivity index is 2.46. The number of nitrogens with one attached hydrogen (secondary N) is 1. The van der Waals surface area contributed by atoms with E-state index >= 15 is 0 Å². The standard InChI is InChI=1S/C19H24BrN/c1-5-14-7-8-16(12-15(14)6-2)19(21-4)18-10-9-17(20)11-13(18)3/h7-12,19,21H,5-6H2,1-4H3. The van der Waals surface area contributed by atoms with Gasteiger partial charge in [-0.1, -0.05) is 54.0 Å². The molecular formula is C19H24BrN. The third-order valence-electron chi connectivity index (χ3n) is 4.16. The van der Waals surface area contributed by atoms with E-state index in [1.54, 1.807) is 0 Å². The highest BCUT2D eigenvalue weighted by Crippen LogP contribution is 2.28. The highest BCUT2D eigenvalue weighted by molar-refractivity contribution is 9.10. The maximum absolute atomic E-state index is 3.54. The first-order valence-electron chi connectivity index (χ1n) is 7.65. The largest absolute Gasteiger partial charge is 0.309 e. The van der Waals surface area contributed by atoms with E-state index in [0.717, 1.165) is 17.3 Å². The Bertz CT molecular complexity index is 619. The number of rotatable bonds is 5. The third kappa shape index (κ3) is 3.56. The molecule has 0 aliphatic carbocycles. The van der Waals surface area contributed by atoms with Gasteiger partial charge in [-0.15, -0.1) is 0 Å². The summed E-state index contributed by atoms with van der Waals surface area (Å²) >= 11 is 3.54. The van der Waals surface area contributed by atoms with Crippen molar-refractivity contribution < 1.29 is 0 Å². The molecule has 0 saturated heterocycles. The molecule has 1 unspecified atom stereocenters. The van der Waals surface area contributed by atoms with Crippen LogP contribution in [0.1, 0.15) is 47.7 Å². The van der Waals surface area contributed by atoms with E-state index in [1.165, 1.54) is 27.8 Å². The maximum Gasteiger partial charge on any atom is 0.0577 e. The number of halogens is 1. The predicted molar refractivity (Wildman–Crippen MR) is 95.0 cm³/mol. The van der Waals surface area contributed by atoms with Gasteiger partial charge in [0.15, 0.2) is 0 Å². The van der Waals surface area contributed by atoms with Crippen LogP contribution in [0.2, 0.25) is 0 Å². The molecule has 1 nitrogen and oxygen atoms in total. The van der Waals surface area contributed by atoms with Crippen LogP contribution in [-0.2, 0) is 12.8 Å². The first-order valence-corrected chi connectivity index (χ1v) is 8.45. The third-order valence-corrected chi connectivity index (χ3v) is 4.65. The van der Waals surface area contributed by atoms with Gasteiger partial charge in [0.2, 0.25) is 0 Å². The molecule has 0 bridgehead atoms. The Hall–Kier alpha value is -1.12. The van der Waals surface area contributed by atoms with Gasteiger partial charge in [-0.2, -0.15) is 0 Å². The summed E-state index contributed by atoms with van der Waals surface area (Å²) in [5.41, 5.74) is 6.92. The monoisotopic (exact) mass is 345 g/mol.